The zero-order valence-electron chi connectivity index (χ0n) is 8.04. The number of carboxylic acid groups (broad SMARTS) is 1. The number of carboxylic acids is 1. The van der Waals surface area contributed by atoms with Gasteiger partial charge in [0.1, 0.15) is 0 Å². The van der Waals surface area contributed by atoms with Crippen LogP contribution in [0.1, 0.15) is 18.1 Å². The number of allylic oxidation sites excluding steroid dienone is 1. The molecule has 1 rings (SSSR count). The second-order valence-electron chi connectivity index (χ2n) is 3.12. The first-order valence-corrected chi connectivity index (χ1v) is 4.98. The van der Waals surface area contributed by atoms with E-state index in [0.29, 0.717) is 0 Å². The normalized spacial score (nSPS) is 11.5. The lowest BCUT2D eigenvalue weighted by Gasteiger charge is -2.05. The molecule has 74 valence electrons. The lowest BCUT2D eigenvalue weighted by Crippen LogP contribution is -1.92. The minimum Gasteiger partial charge on any atom is -0.478 e. The van der Waals surface area contributed by atoms with E-state index in [2.05, 4.69) is 15.9 Å². The Morgan fingerprint density at radius 1 is 1.50 bits per heavy atom. The zero-order chi connectivity index (χ0) is 10.7. The molecule has 0 aliphatic heterocycles. The van der Waals surface area contributed by atoms with Crippen molar-refractivity contribution in [1.29, 1.82) is 0 Å². The van der Waals surface area contributed by atoms with E-state index in [1.54, 1.807) is 6.92 Å². The number of halogens is 1. The number of hydrogen-bond donors (Lipinski definition) is 1. The molecular formula is C11H11BrO2. The molecule has 2 nitrogen and oxygen atoms in total. The van der Waals surface area contributed by atoms with Crippen LogP contribution in [0.5, 0.6) is 0 Å². The van der Waals surface area contributed by atoms with Gasteiger partial charge in [-0.15, -0.1) is 0 Å². The maximum absolute atomic E-state index is 10.5. The van der Waals surface area contributed by atoms with Crippen molar-refractivity contribution in [1.82, 2.24) is 0 Å². The summed E-state index contributed by atoms with van der Waals surface area (Å²) in [5.74, 6) is -0.912. The molecule has 0 heterocycles. The minimum absolute atomic E-state index is 0.766. The summed E-state index contributed by atoms with van der Waals surface area (Å²) in [4.78, 5) is 10.5. The molecule has 0 fully saturated rings. The number of carbonyl (C=O) groups is 1. The van der Waals surface area contributed by atoms with Crippen molar-refractivity contribution in [2.75, 3.05) is 0 Å². The first kappa shape index (κ1) is 11.0. The highest BCUT2D eigenvalue weighted by atomic mass is 79.9. The van der Waals surface area contributed by atoms with Crippen molar-refractivity contribution < 1.29 is 9.90 Å². The Kier molecular flexibility index (Phi) is 3.47. The van der Waals surface area contributed by atoms with Gasteiger partial charge in [-0.3, -0.25) is 0 Å². The van der Waals surface area contributed by atoms with Crippen molar-refractivity contribution in [2.24, 2.45) is 0 Å². The van der Waals surface area contributed by atoms with Gasteiger partial charge in [0.25, 0.3) is 0 Å². The van der Waals surface area contributed by atoms with Crippen LogP contribution >= 0.6 is 15.9 Å². The Morgan fingerprint density at radius 3 is 2.64 bits per heavy atom. The highest BCUT2D eigenvalue weighted by Gasteiger charge is 2.02. The average molecular weight is 255 g/mol. The molecule has 0 aromatic heterocycles. The summed E-state index contributed by atoms with van der Waals surface area (Å²) in [6, 6.07) is 5.78. The van der Waals surface area contributed by atoms with E-state index in [9.17, 15) is 4.79 Å². The van der Waals surface area contributed by atoms with Crippen molar-refractivity contribution in [3.05, 3.63) is 39.9 Å². The lowest BCUT2D eigenvalue weighted by atomic mass is 10.0. The smallest absolute Gasteiger partial charge is 0.328 e. The van der Waals surface area contributed by atoms with Gasteiger partial charge in [-0.25, -0.2) is 4.79 Å². The summed E-state index contributed by atoms with van der Waals surface area (Å²) in [6.45, 7) is 3.75. The van der Waals surface area contributed by atoms with Crippen LogP contribution in [0.3, 0.4) is 0 Å². The number of aliphatic carboxylic acids is 1. The van der Waals surface area contributed by atoms with E-state index >= 15 is 0 Å². The quantitative estimate of drug-likeness (QED) is 0.823. The maximum Gasteiger partial charge on any atom is 0.328 e. The molecule has 0 aliphatic rings. The van der Waals surface area contributed by atoms with Gasteiger partial charge in [0.15, 0.2) is 0 Å². The van der Waals surface area contributed by atoms with Gasteiger partial charge in [-0.1, -0.05) is 22.0 Å². The van der Waals surface area contributed by atoms with Crippen LogP contribution in [0, 0.1) is 6.92 Å². The first-order chi connectivity index (χ1) is 6.50. The summed E-state index contributed by atoms with van der Waals surface area (Å²) in [5, 5.41) is 8.61. The van der Waals surface area contributed by atoms with E-state index in [-0.39, 0.29) is 0 Å². The third-order valence-electron chi connectivity index (χ3n) is 1.95. The third-order valence-corrected chi connectivity index (χ3v) is 2.45. The molecule has 0 saturated heterocycles. The molecule has 0 amide bonds. The minimum atomic E-state index is -0.912. The SMILES string of the molecule is C/C(=C/C(=O)O)c1ccc(Br)cc1C. The highest BCUT2D eigenvalue weighted by molar-refractivity contribution is 9.10. The zero-order valence-corrected chi connectivity index (χ0v) is 9.63. The Bertz CT molecular complexity index is 394. The molecule has 3 heteroatoms. The summed E-state index contributed by atoms with van der Waals surface area (Å²) in [6.07, 6.45) is 1.22. The topological polar surface area (TPSA) is 37.3 Å². The predicted octanol–water partition coefficient (Wildman–Crippen LogP) is 3.25. The molecule has 0 bridgehead atoms. The molecule has 14 heavy (non-hydrogen) atoms. The molecule has 1 N–H and O–H groups in total. The van der Waals surface area contributed by atoms with Gasteiger partial charge < -0.3 is 5.11 Å². The fourth-order valence-corrected chi connectivity index (χ4v) is 1.81. The van der Waals surface area contributed by atoms with Crippen molar-refractivity contribution in [3.63, 3.8) is 0 Å². The van der Waals surface area contributed by atoms with Gasteiger partial charge >= 0.3 is 5.97 Å². The van der Waals surface area contributed by atoms with Crippen LogP contribution in [0.15, 0.2) is 28.7 Å². The van der Waals surface area contributed by atoms with Gasteiger partial charge in [0.2, 0.25) is 0 Å². The fourth-order valence-electron chi connectivity index (χ4n) is 1.33. The van der Waals surface area contributed by atoms with Crippen LogP contribution in [-0.4, -0.2) is 11.1 Å². The number of hydrogen-bond acceptors (Lipinski definition) is 1. The Hall–Kier alpha value is -1.09. The number of benzene rings is 1. The van der Waals surface area contributed by atoms with E-state index in [1.807, 2.05) is 25.1 Å². The second-order valence-corrected chi connectivity index (χ2v) is 4.04. The second kappa shape index (κ2) is 4.42. The van der Waals surface area contributed by atoms with Crippen molar-refractivity contribution in [3.8, 4) is 0 Å². The summed E-state index contributed by atoms with van der Waals surface area (Å²) in [5.41, 5.74) is 2.80. The summed E-state index contributed by atoms with van der Waals surface area (Å²) in [7, 11) is 0. The van der Waals surface area contributed by atoms with Crippen molar-refractivity contribution >= 4 is 27.5 Å². The number of aryl methyl sites for hydroxylation is 1. The van der Waals surface area contributed by atoms with Gasteiger partial charge in [0, 0.05) is 10.5 Å². The summed E-state index contributed by atoms with van der Waals surface area (Å²) < 4.78 is 1.00. The standard InChI is InChI=1S/C11H11BrO2/c1-7-5-9(12)3-4-10(7)8(2)6-11(13)14/h3-6H,1-2H3,(H,13,14)/b8-6-. The maximum atomic E-state index is 10.5. The van der Waals surface area contributed by atoms with Crippen LogP contribution < -0.4 is 0 Å². The Balaban J connectivity index is 3.14. The molecular weight excluding hydrogens is 244 g/mol. The Morgan fingerprint density at radius 2 is 2.14 bits per heavy atom. The lowest BCUT2D eigenvalue weighted by molar-refractivity contribution is -0.131. The van der Waals surface area contributed by atoms with Gasteiger partial charge in [-0.2, -0.15) is 0 Å². The van der Waals surface area contributed by atoms with Gasteiger partial charge in [0.05, 0.1) is 0 Å². The molecule has 0 aliphatic carbocycles. The Labute approximate surface area is 91.4 Å². The predicted molar refractivity (Wildman–Crippen MR) is 60.2 cm³/mol. The molecule has 0 radical (unpaired) electrons. The average Bonchev–Trinajstić information content (AvgIpc) is 2.01. The highest BCUT2D eigenvalue weighted by Crippen LogP contribution is 2.21. The van der Waals surface area contributed by atoms with Crippen molar-refractivity contribution in [2.45, 2.75) is 13.8 Å². The molecule has 1 aromatic rings. The van der Waals surface area contributed by atoms with Crippen LogP contribution in [0.4, 0.5) is 0 Å². The monoisotopic (exact) mass is 254 g/mol. The van der Waals surface area contributed by atoms with Gasteiger partial charge in [-0.05, 0) is 42.7 Å². The molecule has 1 aromatic carbocycles. The van der Waals surface area contributed by atoms with Crippen LogP contribution in [-0.2, 0) is 4.79 Å². The molecule has 0 atom stereocenters. The molecule has 0 unspecified atom stereocenters. The summed E-state index contributed by atoms with van der Waals surface area (Å²) >= 11 is 3.36. The van der Waals surface area contributed by atoms with E-state index in [4.69, 9.17) is 5.11 Å². The molecule has 0 spiro atoms. The van der Waals surface area contributed by atoms with Crippen LogP contribution in [0.25, 0.3) is 5.57 Å². The van der Waals surface area contributed by atoms with E-state index in [1.165, 1.54) is 6.08 Å². The first-order valence-electron chi connectivity index (χ1n) is 4.18. The van der Waals surface area contributed by atoms with E-state index < -0.39 is 5.97 Å². The van der Waals surface area contributed by atoms with Crippen LogP contribution in [0.2, 0.25) is 0 Å². The van der Waals surface area contributed by atoms with E-state index in [0.717, 1.165) is 21.2 Å². The largest absolute Gasteiger partial charge is 0.478 e. The fraction of sp³-hybridized carbons (Fsp3) is 0.182. The molecule has 0 saturated carbocycles. The third kappa shape index (κ3) is 2.70. The number of rotatable bonds is 2.